The predicted molar refractivity (Wildman–Crippen MR) is 80.1 cm³/mol. The SMILES string of the molecule is COCOc1cnc2ccnn2c1.Oc1cnc2ccnn2c1. The first-order valence-electron chi connectivity index (χ1n) is 6.66. The average molecular weight is 314 g/mol. The van der Waals surface area contributed by atoms with Crippen molar-refractivity contribution < 1.29 is 14.6 Å². The molecule has 0 atom stereocenters. The van der Waals surface area contributed by atoms with Crippen LogP contribution in [0.4, 0.5) is 0 Å². The van der Waals surface area contributed by atoms with E-state index in [1.54, 1.807) is 42.5 Å². The number of nitrogens with zero attached hydrogens (tertiary/aromatic N) is 6. The molecule has 0 spiro atoms. The molecule has 118 valence electrons. The standard InChI is InChI=1S/C8H9N3O2.C6H5N3O/c1-12-6-13-7-4-9-8-2-3-10-11(8)5-7;10-5-3-7-6-1-2-8-9(6)4-5/h2-5H,6H2,1H3;1-4,10H. The molecule has 0 fully saturated rings. The van der Waals surface area contributed by atoms with Crippen molar-refractivity contribution in [3.05, 3.63) is 49.3 Å². The van der Waals surface area contributed by atoms with Gasteiger partial charge in [-0.2, -0.15) is 10.2 Å². The molecule has 1 N–H and O–H groups in total. The molecule has 0 aliphatic rings. The Bertz CT molecular complexity index is 903. The number of aromatic nitrogens is 6. The topological polar surface area (TPSA) is 99.1 Å². The van der Waals surface area contributed by atoms with E-state index in [4.69, 9.17) is 14.6 Å². The summed E-state index contributed by atoms with van der Waals surface area (Å²) in [6, 6.07) is 3.58. The zero-order valence-electron chi connectivity index (χ0n) is 12.3. The van der Waals surface area contributed by atoms with Crippen LogP contribution in [0.1, 0.15) is 0 Å². The van der Waals surface area contributed by atoms with Crippen LogP contribution in [0, 0.1) is 0 Å². The molecule has 0 aromatic carbocycles. The molecule has 0 unspecified atom stereocenters. The smallest absolute Gasteiger partial charge is 0.188 e. The number of hydrogen-bond acceptors (Lipinski definition) is 7. The second kappa shape index (κ2) is 6.71. The van der Waals surface area contributed by atoms with Crippen LogP contribution in [0.25, 0.3) is 11.3 Å². The van der Waals surface area contributed by atoms with E-state index in [2.05, 4.69) is 20.2 Å². The Hall–Kier alpha value is -3.20. The molecule has 9 nitrogen and oxygen atoms in total. The van der Waals surface area contributed by atoms with Crippen LogP contribution in [-0.4, -0.2) is 48.2 Å². The summed E-state index contributed by atoms with van der Waals surface area (Å²) in [6.07, 6.45) is 9.58. The van der Waals surface area contributed by atoms with E-state index >= 15 is 0 Å². The van der Waals surface area contributed by atoms with Crippen LogP contribution in [-0.2, 0) is 4.74 Å². The molecular weight excluding hydrogens is 300 g/mol. The van der Waals surface area contributed by atoms with Crippen molar-refractivity contribution in [1.29, 1.82) is 0 Å². The van der Waals surface area contributed by atoms with Gasteiger partial charge >= 0.3 is 0 Å². The van der Waals surface area contributed by atoms with E-state index in [1.807, 2.05) is 6.07 Å². The van der Waals surface area contributed by atoms with Gasteiger partial charge in [0.05, 0.1) is 37.2 Å². The second-order valence-corrected chi connectivity index (χ2v) is 4.42. The van der Waals surface area contributed by atoms with E-state index in [1.165, 1.54) is 16.9 Å². The third kappa shape index (κ3) is 3.52. The van der Waals surface area contributed by atoms with Crippen LogP contribution in [0.5, 0.6) is 11.5 Å². The number of rotatable bonds is 3. The molecule has 4 heterocycles. The fourth-order valence-corrected chi connectivity index (χ4v) is 1.79. The molecular formula is C14H14N6O3. The zero-order valence-corrected chi connectivity index (χ0v) is 12.3. The normalized spacial score (nSPS) is 10.5. The molecule has 0 saturated heterocycles. The maximum Gasteiger partial charge on any atom is 0.188 e. The molecule has 4 aromatic heterocycles. The molecule has 23 heavy (non-hydrogen) atoms. The summed E-state index contributed by atoms with van der Waals surface area (Å²) in [5.41, 5.74) is 1.53. The second-order valence-electron chi connectivity index (χ2n) is 4.42. The minimum atomic E-state index is 0.121. The van der Waals surface area contributed by atoms with Gasteiger partial charge in [-0.15, -0.1) is 0 Å². The van der Waals surface area contributed by atoms with E-state index in [-0.39, 0.29) is 12.5 Å². The van der Waals surface area contributed by atoms with Gasteiger partial charge in [0.1, 0.15) is 0 Å². The fraction of sp³-hybridized carbons (Fsp3) is 0.143. The zero-order chi connectivity index (χ0) is 16.1. The fourth-order valence-electron chi connectivity index (χ4n) is 1.79. The summed E-state index contributed by atoms with van der Waals surface area (Å²) in [6.45, 7) is 0.217. The molecule has 4 rings (SSSR count). The molecule has 0 aliphatic heterocycles. The Balaban J connectivity index is 0.000000140. The lowest BCUT2D eigenvalue weighted by Gasteiger charge is -2.03. The Morgan fingerprint density at radius 3 is 2.35 bits per heavy atom. The third-order valence-corrected chi connectivity index (χ3v) is 2.80. The molecule has 0 saturated carbocycles. The van der Waals surface area contributed by atoms with Crippen molar-refractivity contribution in [2.24, 2.45) is 0 Å². The number of methoxy groups -OCH3 is 1. The van der Waals surface area contributed by atoms with Crippen LogP contribution >= 0.6 is 0 Å². The van der Waals surface area contributed by atoms with Crippen molar-refractivity contribution in [3.8, 4) is 11.5 Å². The van der Waals surface area contributed by atoms with Crippen molar-refractivity contribution >= 4 is 11.3 Å². The average Bonchev–Trinajstić information content (AvgIpc) is 3.21. The number of hydrogen-bond donors (Lipinski definition) is 1. The largest absolute Gasteiger partial charge is 0.505 e. The number of aromatic hydroxyl groups is 1. The maximum atomic E-state index is 8.93. The minimum Gasteiger partial charge on any atom is -0.505 e. The lowest BCUT2D eigenvalue weighted by Crippen LogP contribution is -2.00. The maximum absolute atomic E-state index is 8.93. The van der Waals surface area contributed by atoms with E-state index < -0.39 is 0 Å². The van der Waals surface area contributed by atoms with Crippen LogP contribution in [0.2, 0.25) is 0 Å². The van der Waals surface area contributed by atoms with E-state index in [0.717, 1.165) is 11.3 Å². The Morgan fingerprint density at radius 2 is 1.65 bits per heavy atom. The van der Waals surface area contributed by atoms with Gasteiger partial charge in [-0.1, -0.05) is 0 Å². The first-order chi connectivity index (χ1) is 11.3. The highest BCUT2D eigenvalue weighted by atomic mass is 16.7. The monoisotopic (exact) mass is 314 g/mol. The van der Waals surface area contributed by atoms with E-state index in [0.29, 0.717) is 5.75 Å². The molecule has 9 heteroatoms. The van der Waals surface area contributed by atoms with Gasteiger partial charge in [0.15, 0.2) is 29.6 Å². The van der Waals surface area contributed by atoms with Gasteiger partial charge in [-0.25, -0.2) is 19.0 Å². The van der Waals surface area contributed by atoms with Gasteiger partial charge < -0.3 is 14.6 Å². The summed E-state index contributed by atoms with van der Waals surface area (Å²) < 4.78 is 13.1. The highest BCUT2D eigenvalue weighted by Gasteiger charge is 1.97. The summed E-state index contributed by atoms with van der Waals surface area (Å²) >= 11 is 0. The van der Waals surface area contributed by atoms with Crippen LogP contribution in [0.3, 0.4) is 0 Å². The molecule has 4 aromatic rings. The van der Waals surface area contributed by atoms with E-state index in [9.17, 15) is 0 Å². The Labute approximate surface area is 130 Å². The molecule has 0 aliphatic carbocycles. The third-order valence-electron chi connectivity index (χ3n) is 2.80. The summed E-state index contributed by atoms with van der Waals surface area (Å²) in [4.78, 5) is 8.01. The summed E-state index contributed by atoms with van der Waals surface area (Å²) in [5.74, 6) is 0.759. The molecule has 0 amide bonds. The molecule has 0 bridgehead atoms. The van der Waals surface area contributed by atoms with Gasteiger partial charge in [0.25, 0.3) is 0 Å². The minimum absolute atomic E-state index is 0.121. The molecule has 0 radical (unpaired) electrons. The first-order valence-corrected chi connectivity index (χ1v) is 6.66. The van der Waals surface area contributed by atoms with Crippen LogP contribution < -0.4 is 4.74 Å². The first kappa shape index (κ1) is 14.7. The highest BCUT2D eigenvalue weighted by Crippen LogP contribution is 2.09. The Morgan fingerprint density at radius 1 is 1.00 bits per heavy atom. The number of ether oxygens (including phenoxy) is 2. The lowest BCUT2D eigenvalue weighted by molar-refractivity contribution is 0.0505. The number of fused-ring (bicyclic) bond motifs is 2. The van der Waals surface area contributed by atoms with Crippen molar-refractivity contribution in [2.75, 3.05) is 13.9 Å². The highest BCUT2D eigenvalue weighted by molar-refractivity contribution is 5.37. The quantitative estimate of drug-likeness (QED) is 0.566. The summed E-state index contributed by atoms with van der Waals surface area (Å²) in [5, 5.41) is 16.8. The van der Waals surface area contributed by atoms with Crippen molar-refractivity contribution in [2.45, 2.75) is 0 Å². The van der Waals surface area contributed by atoms with Gasteiger partial charge in [0, 0.05) is 19.2 Å². The van der Waals surface area contributed by atoms with Crippen molar-refractivity contribution in [1.82, 2.24) is 29.2 Å². The van der Waals surface area contributed by atoms with Crippen molar-refractivity contribution in [3.63, 3.8) is 0 Å². The van der Waals surface area contributed by atoms with Gasteiger partial charge in [-0.05, 0) is 0 Å². The lowest BCUT2D eigenvalue weighted by atomic mass is 10.6. The predicted octanol–water partition coefficient (Wildman–Crippen LogP) is 1.15. The van der Waals surface area contributed by atoms with Gasteiger partial charge in [0.2, 0.25) is 0 Å². The van der Waals surface area contributed by atoms with Crippen LogP contribution in [0.15, 0.2) is 49.3 Å². The van der Waals surface area contributed by atoms with Gasteiger partial charge in [-0.3, -0.25) is 0 Å². The summed E-state index contributed by atoms with van der Waals surface area (Å²) in [7, 11) is 1.57. The Kier molecular flexibility index (Phi) is 4.29.